The van der Waals surface area contributed by atoms with Gasteiger partial charge < -0.3 is 20.4 Å². The maximum absolute atomic E-state index is 11.7. The zero-order valence-corrected chi connectivity index (χ0v) is 10.3. The van der Waals surface area contributed by atoms with Gasteiger partial charge in [0.2, 0.25) is 5.91 Å². The molecule has 1 fully saturated rings. The Morgan fingerprint density at radius 1 is 1.22 bits per heavy atom. The lowest BCUT2D eigenvalue weighted by Crippen LogP contribution is -2.49. The van der Waals surface area contributed by atoms with Gasteiger partial charge in [-0.15, -0.1) is 0 Å². The predicted octanol–water partition coefficient (Wildman–Crippen LogP) is -0.770. The van der Waals surface area contributed by atoms with Crippen LogP contribution in [0.25, 0.3) is 0 Å². The van der Waals surface area contributed by atoms with Crippen LogP contribution in [0.3, 0.4) is 0 Å². The molecule has 2 atom stereocenters. The SMILES string of the molecule is CNCCC(=O)N1CCC(C(=O)O)C(C(=O)O)C1. The number of nitrogens with zero attached hydrogens (tertiary/aromatic N) is 1. The number of hydrogen-bond acceptors (Lipinski definition) is 4. The first-order valence-electron chi connectivity index (χ1n) is 5.85. The summed E-state index contributed by atoms with van der Waals surface area (Å²) in [6, 6.07) is 0. The van der Waals surface area contributed by atoms with Crippen molar-refractivity contribution in [1.29, 1.82) is 0 Å². The quantitative estimate of drug-likeness (QED) is 0.598. The smallest absolute Gasteiger partial charge is 0.309 e. The maximum Gasteiger partial charge on any atom is 0.309 e. The van der Waals surface area contributed by atoms with E-state index in [1.807, 2.05) is 0 Å². The highest BCUT2D eigenvalue weighted by atomic mass is 16.4. The van der Waals surface area contributed by atoms with Crippen LogP contribution < -0.4 is 5.32 Å². The topological polar surface area (TPSA) is 107 Å². The Morgan fingerprint density at radius 2 is 1.83 bits per heavy atom. The Kier molecular flexibility index (Phi) is 5.08. The molecule has 2 unspecified atom stereocenters. The lowest BCUT2D eigenvalue weighted by molar-refractivity contribution is -0.159. The molecule has 0 bridgehead atoms. The van der Waals surface area contributed by atoms with Crippen molar-refractivity contribution in [2.24, 2.45) is 11.8 Å². The maximum atomic E-state index is 11.7. The van der Waals surface area contributed by atoms with Gasteiger partial charge in [-0.3, -0.25) is 14.4 Å². The van der Waals surface area contributed by atoms with Gasteiger partial charge in [-0.25, -0.2) is 0 Å². The normalized spacial score (nSPS) is 23.7. The van der Waals surface area contributed by atoms with Crippen LogP contribution in [0.4, 0.5) is 0 Å². The van der Waals surface area contributed by atoms with Crippen LogP contribution in [0.2, 0.25) is 0 Å². The number of nitrogens with one attached hydrogen (secondary N) is 1. The van der Waals surface area contributed by atoms with Gasteiger partial charge in [-0.2, -0.15) is 0 Å². The number of aliphatic carboxylic acids is 2. The Labute approximate surface area is 105 Å². The molecule has 1 saturated heterocycles. The van der Waals surface area contributed by atoms with Crippen LogP contribution in [-0.4, -0.2) is 59.6 Å². The molecule has 102 valence electrons. The molecule has 0 spiro atoms. The molecule has 0 aliphatic carbocycles. The fourth-order valence-electron chi connectivity index (χ4n) is 2.11. The standard InChI is InChI=1S/C11H18N2O5/c1-12-4-2-9(14)13-5-3-7(10(15)16)8(6-13)11(17)18/h7-8,12H,2-6H2,1H3,(H,15,16)(H,17,18). The van der Waals surface area contributed by atoms with E-state index in [0.29, 0.717) is 19.5 Å². The van der Waals surface area contributed by atoms with Gasteiger partial charge in [0.05, 0.1) is 11.8 Å². The van der Waals surface area contributed by atoms with Gasteiger partial charge in [0, 0.05) is 26.1 Å². The minimum atomic E-state index is -1.16. The zero-order chi connectivity index (χ0) is 13.7. The molecule has 0 aromatic carbocycles. The number of carbonyl (C=O) groups is 3. The second-order valence-electron chi connectivity index (χ2n) is 4.37. The molecule has 0 radical (unpaired) electrons. The third-order valence-electron chi connectivity index (χ3n) is 3.19. The summed E-state index contributed by atoms with van der Waals surface area (Å²) in [4.78, 5) is 35.2. The minimum absolute atomic E-state index is 0.0190. The zero-order valence-electron chi connectivity index (χ0n) is 10.3. The Hall–Kier alpha value is -1.63. The van der Waals surface area contributed by atoms with Crippen molar-refractivity contribution in [1.82, 2.24) is 10.2 Å². The lowest BCUT2D eigenvalue weighted by Gasteiger charge is -2.34. The summed E-state index contributed by atoms with van der Waals surface area (Å²) >= 11 is 0. The molecule has 18 heavy (non-hydrogen) atoms. The number of hydrogen-bond donors (Lipinski definition) is 3. The Morgan fingerprint density at radius 3 is 2.33 bits per heavy atom. The first-order valence-corrected chi connectivity index (χ1v) is 5.85. The molecular weight excluding hydrogens is 240 g/mol. The summed E-state index contributed by atoms with van der Waals surface area (Å²) in [5.41, 5.74) is 0. The summed E-state index contributed by atoms with van der Waals surface area (Å²) in [5, 5.41) is 20.8. The van der Waals surface area contributed by atoms with Gasteiger partial charge in [0.15, 0.2) is 0 Å². The fraction of sp³-hybridized carbons (Fsp3) is 0.727. The molecule has 0 aromatic heterocycles. The average molecular weight is 258 g/mol. The highest BCUT2D eigenvalue weighted by molar-refractivity contribution is 5.82. The minimum Gasteiger partial charge on any atom is -0.481 e. The number of carbonyl (C=O) groups excluding carboxylic acids is 1. The van der Waals surface area contributed by atoms with Crippen LogP contribution in [0.1, 0.15) is 12.8 Å². The van der Waals surface area contributed by atoms with Gasteiger partial charge in [-0.05, 0) is 13.5 Å². The fourth-order valence-corrected chi connectivity index (χ4v) is 2.11. The largest absolute Gasteiger partial charge is 0.481 e. The molecule has 7 nitrogen and oxygen atoms in total. The van der Waals surface area contributed by atoms with Crippen LogP contribution in [-0.2, 0) is 14.4 Å². The second-order valence-corrected chi connectivity index (χ2v) is 4.37. The van der Waals surface area contributed by atoms with E-state index in [1.54, 1.807) is 7.05 Å². The molecule has 0 saturated carbocycles. The average Bonchev–Trinajstić information content (AvgIpc) is 2.34. The van der Waals surface area contributed by atoms with Gasteiger partial charge >= 0.3 is 11.9 Å². The highest BCUT2D eigenvalue weighted by Gasteiger charge is 2.39. The number of carboxylic acids is 2. The van der Waals surface area contributed by atoms with E-state index in [1.165, 1.54) is 4.90 Å². The number of likely N-dealkylation sites (tertiary alicyclic amines) is 1. The van der Waals surface area contributed by atoms with E-state index in [4.69, 9.17) is 10.2 Å². The van der Waals surface area contributed by atoms with Crippen LogP contribution in [0.15, 0.2) is 0 Å². The molecule has 1 heterocycles. The van der Waals surface area contributed by atoms with Crippen molar-refractivity contribution in [2.45, 2.75) is 12.8 Å². The third kappa shape index (κ3) is 3.43. The highest BCUT2D eigenvalue weighted by Crippen LogP contribution is 2.24. The van der Waals surface area contributed by atoms with E-state index in [2.05, 4.69) is 5.32 Å². The van der Waals surface area contributed by atoms with Crippen LogP contribution in [0.5, 0.6) is 0 Å². The van der Waals surface area contributed by atoms with Crippen molar-refractivity contribution < 1.29 is 24.6 Å². The number of piperidine rings is 1. The molecule has 1 amide bonds. The molecule has 1 aliphatic heterocycles. The first kappa shape index (κ1) is 14.4. The van der Waals surface area contributed by atoms with E-state index < -0.39 is 23.8 Å². The predicted molar refractivity (Wildman–Crippen MR) is 62.0 cm³/mol. The Bertz CT molecular complexity index is 344. The summed E-state index contributed by atoms with van der Waals surface area (Å²) in [5.74, 6) is -4.33. The summed E-state index contributed by atoms with van der Waals surface area (Å²) in [6.45, 7) is 0.813. The van der Waals surface area contributed by atoms with Crippen LogP contribution in [0, 0.1) is 11.8 Å². The second kappa shape index (κ2) is 6.34. The molecule has 7 heteroatoms. The van der Waals surface area contributed by atoms with E-state index in [9.17, 15) is 14.4 Å². The van der Waals surface area contributed by atoms with E-state index >= 15 is 0 Å². The van der Waals surface area contributed by atoms with Crippen molar-refractivity contribution in [3.05, 3.63) is 0 Å². The molecular formula is C11H18N2O5. The van der Waals surface area contributed by atoms with Crippen LogP contribution >= 0.6 is 0 Å². The molecule has 3 N–H and O–H groups in total. The number of carboxylic acid groups (broad SMARTS) is 2. The van der Waals surface area contributed by atoms with Crippen molar-refractivity contribution >= 4 is 17.8 Å². The molecule has 1 rings (SSSR count). The first-order chi connectivity index (χ1) is 8.47. The van der Waals surface area contributed by atoms with E-state index in [-0.39, 0.29) is 18.9 Å². The Balaban J connectivity index is 2.65. The summed E-state index contributed by atoms with van der Waals surface area (Å²) in [6.07, 6.45) is 0.484. The number of rotatable bonds is 5. The number of amides is 1. The monoisotopic (exact) mass is 258 g/mol. The van der Waals surface area contributed by atoms with Crippen molar-refractivity contribution in [2.75, 3.05) is 26.7 Å². The van der Waals surface area contributed by atoms with Gasteiger partial charge in [0.25, 0.3) is 0 Å². The molecule has 0 aromatic rings. The third-order valence-corrected chi connectivity index (χ3v) is 3.19. The lowest BCUT2D eigenvalue weighted by atomic mass is 9.85. The van der Waals surface area contributed by atoms with Gasteiger partial charge in [0.1, 0.15) is 0 Å². The summed E-state index contributed by atoms with van der Waals surface area (Å²) in [7, 11) is 1.73. The summed E-state index contributed by atoms with van der Waals surface area (Å²) < 4.78 is 0. The van der Waals surface area contributed by atoms with Gasteiger partial charge in [-0.1, -0.05) is 0 Å². The van der Waals surface area contributed by atoms with Crippen molar-refractivity contribution in [3.63, 3.8) is 0 Å². The van der Waals surface area contributed by atoms with Crippen molar-refractivity contribution in [3.8, 4) is 0 Å². The molecule has 1 aliphatic rings. The van der Waals surface area contributed by atoms with E-state index in [0.717, 1.165) is 0 Å².